The molecule has 258 valence electrons. The number of aromatic hydroxyl groups is 1. The van der Waals surface area contributed by atoms with Crippen LogP contribution in [0.25, 0.3) is 0 Å². The van der Waals surface area contributed by atoms with E-state index in [0.29, 0.717) is 23.6 Å². The number of sulfonamides is 1. The minimum atomic E-state index is -3.48. The second-order valence-electron chi connectivity index (χ2n) is 12.3. The van der Waals surface area contributed by atoms with Crippen molar-refractivity contribution in [3.8, 4) is 23.0 Å². The van der Waals surface area contributed by atoms with E-state index < -0.39 is 16.1 Å². The average Bonchev–Trinajstić information content (AvgIpc) is 3.04. The third kappa shape index (κ3) is 15.2. The molecule has 3 aromatic carbocycles. The summed E-state index contributed by atoms with van der Waals surface area (Å²) in [6, 6.07) is 18.9. The van der Waals surface area contributed by atoms with E-state index >= 15 is 0 Å². The molecular weight excluding hydrogens is 612 g/mol. The minimum Gasteiger partial charge on any atom is -0.504 e. The molecule has 9 heteroatoms. The number of unbranched alkanes of at least 4 members (excludes halogenated alkanes) is 12. The zero-order valence-corrected chi connectivity index (χ0v) is 29.2. The number of hydrogen-bond donors (Lipinski definition) is 3. The van der Waals surface area contributed by atoms with Gasteiger partial charge in [0.25, 0.3) is 5.91 Å². The summed E-state index contributed by atoms with van der Waals surface area (Å²) < 4.78 is 37.3. The molecule has 0 fully saturated rings. The molecule has 0 aliphatic carbocycles. The summed E-state index contributed by atoms with van der Waals surface area (Å²) in [5.74, 6) is 0.790. The van der Waals surface area contributed by atoms with Crippen LogP contribution in [0, 0.1) is 0 Å². The number of anilines is 2. The van der Waals surface area contributed by atoms with Crippen molar-refractivity contribution in [2.75, 3.05) is 16.3 Å². The van der Waals surface area contributed by atoms with Crippen molar-refractivity contribution in [3.05, 3.63) is 72.3 Å². The van der Waals surface area contributed by atoms with Crippen LogP contribution < -0.4 is 19.5 Å². The van der Waals surface area contributed by atoms with E-state index in [1.807, 2.05) is 25.1 Å². The lowest BCUT2D eigenvalue weighted by atomic mass is 10.0. The van der Waals surface area contributed by atoms with Crippen molar-refractivity contribution in [1.82, 2.24) is 0 Å². The van der Waals surface area contributed by atoms with Gasteiger partial charge < -0.3 is 19.9 Å². The van der Waals surface area contributed by atoms with Gasteiger partial charge in [0, 0.05) is 11.8 Å². The molecule has 0 aromatic heterocycles. The van der Waals surface area contributed by atoms with Crippen molar-refractivity contribution < 1.29 is 27.8 Å². The number of nitrogens with one attached hydrogen (secondary N) is 2. The number of carbonyl (C=O) groups is 1. The lowest BCUT2D eigenvalue weighted by Gasteiger charge is -2.18. The maximum Gasteiger partial charge on any atom is 0.265 e. The first-order chi connectivity index (χ1) is 22.7. The van der Waals surface area contributed by atoms with E-state index in [4.69, 9.17) is 9.47 Å². The van der Waals surface area contributed by atoms with Gasteiger partial charge in [0.05, 0.1) is 11.9 Å². The lowest BCUT2D eigenvalue weighted by molar-refractivity contribution is -0.122. The molecular formula is C38H54N2O6S. The van der Waals surface area contributed by atoms with Gasteiger partial charge in [-0.25, -0.2) is 8.42 Å². The number of hydrogen-bond acceptors (Lipinski definition) is 6. The summed E-state index contributed by atoms with van der Waals surface area (Å²) in [6.45, 7) is 4.18. The molecule has 47 heavy (non-hydrogen) atoms. The highest BCUT2D eigenvalue weighted by Gasteiger charge is 2.19. The first kappa shape index (κ1) is 37.7. The van der Waals surface area contributed by atoms with Crippen molar-refractivity contribution in [1.29, 1.82) is 0 Å². The Morgan fingerprint density at radius 1 is 0.745 bits per heavy atom. The number of benzene rings is 3. The Morgan fingerprint density at radius 3 is 1.94 bits per heavy atom. The molecule has 0 bridgehead atoms. The van der Waals surface area contributed by atoms with Crippen LogP contribution >= 0.6 is 0 Å². The number of carbonyl (C=O) groups excluding carboxylic acids is 1. The van der Waals surface area contributed by atoms with Gasteiger partial charge >= 0.3 is 0 Å². The molecule has 3 rings (SSSR count). The normalized spacial score (nSPS) is 12.0. The Labute approximate surface area is 282 Å². The standard InChI is InChI=1S/C38H54N2O6S/c1-4-6-7-8-9-10-11-12-13-14-15-16-17-19-30-20-18-21-34(28-30)46-36(5-2)38(42)39-31-22-25-33(26-23-31)45-37-29-32(24-27-35(37)41)40-47(3,43)44/h18,20-29,36,40-41H,4-17,19H2,1-3H3,(H,39,42). The zero-order chi connectivity index (χ0) is 33.9. The van der Waals surface area contributed by atoms with Gasteiger partial charge in [-0.3, -0.25) is 9.52 Å². The third-order valence-corrected chi connectivity index (χ3v) is 8.63. The van der Waals surface area contributed by atoms with E-state index in [9.17, 15) is 18.3 Å². The van der Waals surface area contributed by atoms with E-state index in [0.717, 1.165) is 19.1 Å². The first-order valence-electron chi connectivity index (χ1n) is 17.3. The van der Waals surface area contributed by atoms with E-state index in [1.54, 1.807) is 24.3 Å². The fourth-order valence-corrected chi connectivity index (χ4v) is 5.99. The van der Waals surface area contributed by atoms with Crippen LogP contribution in [0.15, 0.2) is 66.7 Å². The second kappa shape index (κ2) is 20.5. The van der Waals surface area contributed by atoms with Gasteiger partial charge in [0.15, 0.2) is 17.6 Å². The summed E-state index contributed by atoms with van der Waals surface area (Å²) in [4.78, 5) is 13.1. The predicted octanol–water partition coefficient (Wildman–Crippen LogP) is 9.99. The fraction of sp³-hybridized carbons (Fsp3) is 0.500. The second-order valence-corrected chi connectivity index (χ2v) is 14.1. The summed E-state index contributed by atoms with van der Waals surface area (Å²) in [7, 11) is -3.48. The van der Waals surface area contributed by atoms with E-state index in [-0.39, 0.29) is 23.1 Å². The van der Waals surface area contributed by atoms with E-state index in [1.165, 1.54) is 101 Å². The molecule has 1 atom stereocenters. The Bertz CT molecular complexity index is 1460. The first-order valence-corrected chi connectivity index (χ1v) is 19.2. The smallest absolute Gasteiger partial charge is 0.265 e. The highest BCUT2D eigenvalue weighted by Crippen LogP contribution is 2.34. The van der Waals surface area contributed by atoms with E-state index in [2.05, 4.69) is 23.0 Å². The Hall–Kier alpha value is -3.72. The van der Waals surface area contributed by atoms with Gasteiger partial charge in [-0.2, -0.15) is 0 Å². The summed E-state index contributed by atoms with van der Waals surface area (Å²) in [6.07, 6.45) is 19.3. The Balaban J connectivity index is 1.39. The van der Waals surface area contributed by atoms with Crippen LogP contribution in [0.4, 0.5) is 11.4 Å². The van der Waals surface area contributed by atoms with Crippen LogP contribution in [-0.2, 0) is 21.2 Å². The number of amides is 1. The van der Waals surface area contributed by atoms with Crippen molar-refractivity contribution in [2.45, 2.75) is 116 Å². The van der Waals surface area contributed by atoms with Crippen LogP contribution in [0.1, 0.15) is 109 Å². The van der Waals surface area contributed by atoms with Gasteiger partial charge in [-0.05, 0) is 73.4 Å². The summed E-state index contributed by atoms with van der Waals surface area (Å²) >= 11 is 0. The topological polar surface area (TPSA) is 114 Å². The molecule has 0 saturated carbocycles. The molecule has 3 N–H and O–H groups in total. The molecule has 1 amide bonds. The molecule has 1 unspecified atom stereocenters. The van der Waals surface area contributed by atoms with Crippen LogP contribution in [0.3, 0.4) is 0 Å². The lowest BCUT2D eigenvalue weighted by Crippen LogP contribution is -2.32. The van der Waals surface area contributed by atoms with Crippen LogP contribution in [-0.4, -0.2) is 31.8 Å². The van der Waals surface area contributed by atoms with Crippen molar-refractivity contribution in [3.63, 3.8) is 0 Å². The number of ether oxygens (including phenoxy) is 2. The third-order valence-electron chi connectivity index (χ3n) is 8.02. The molecule has 0 aliphatic rings. The SMILES string of the molecule is CCCCCCCCCCCCCCCc1cccc(OC(CC)C(=O)Nc2ccc(Oc3cc(NS(C)(=O)=O)ccc3O)cc2)c1. The Morgan fingerprint density at radius 2 is 1.34 bits per heavy atom. The largest absolute Gasteiger partial charge is 0.504 e. The van der Waals surface area contributed by atoms with Gasteiger partial charge in [0.1, 0.15) is 11.5 Å². The van der Waals surface area contributed by atoms with Gasteiger partial charge in [-0.15, -0.1) is 0 Å². The summed E-state index contributed by atoms with van der Waals surface area (Å²) in [5, 5.41) is 13.0. The molecule has 0 radical (unpaired) electrons. The monoisotopic (exact) mass is 666 g/mol. The Kier molecular flexibility index (Phi) is 16.5. The molecule has 0 aliphatic heterocycles. The molecule has 8 nitrogen and oxygen atoms in total. The van der Waals surface area contributed by atoms with Crippen molar-refractivity contribution in [2.24, 2.45) is 0 Å². The summed E-state index contributed by atoms with van der Waals surface area (Å²) in [5.41, 5.74) is 2.05. The molecule has 0 saturated heterocycles. The number of rotatable bonds is 23. The zero-order valence-electron chi connectivity index (χ0n) is 28.4. The number of phenols is 1. The fourth-order valence-electron chi connectivity index (χ4n) is 5.44. The molecule has 0 heterocycles. The van der Waals surface area contributed by atoms with Crippen LogP contribution in [0.5, 0.6) is 23.0 Å². The predicted molar refractivity (Wildman–Crippen MR) is 192 cm³/mol. The van der Waals surface area contributed by atoms with Crippen LogP contribution in [0.2, 0.25) is 0 Å². The highest BCUT2D eigenvalue weighted by molar-refractivity contribution is 7.92. The molecule has 0 spiro atoms. The van der Waals surface area contributed by atoms with Gasteiger partial charge in [0.2, 0.25) is 10.0 Å². The van der Waals surface area contributed by atoms with Gasteiger partial charge in [-0.1, -0.05) is 103 Å². The number of phenolic OH excluding ortho intramolecular Hbond substituents is 1. The minimum absolute atomic E-state index is 0.0891. The maximum absolute atomic E-state index is 13.1. The quantitative estimate of drug-likeness (QED) is 0.0686. The average molecular weight is 667 g/mol. The number of aryl methyl sites for hydroxylation is 1. The molecule has 3 aromatic rings. The van der Waals surface area contributed by atoms with Crippen molar-refractivity contribution >= 4 is 27.3 Å². The highest BCUT2D eigenvalue weighted by atomic mass is 32.2. The maximum atomic E-state index is 13.1.